The van der Waals surface area contributed by atoms with Crippen molar-refractivity contribution in [3.8, 4) is 0 Å². The lowest BCUT2D eigenvalue weighted by Gasteiger charge is -2.10. The third-order valence-corrected chi connectivity index (χ3v) is 3.99. The lowest BCUT2D eigenvalue weighted by Crippen LogP contribution is -2.13. The number of ether oxygens (including phenoxy) is 1. The van der Waals surface area contributed by atoms with Gasteiger partial charge in [-0.25, -0.2) is 14.8 Å². The molecule has 7 nitrogen and oxygen atoms in total. The normalized spacial score (nSPS) is 10.3. The molecule has 1 aromatic heterocycles. The minimum absolute atomic E-state index is 0.291. The van der Waals surface area contributed by atoms with Gasteiger partial charge < -0.3 is 15.4 Å². The topological polar surface area (TPSA) is 93.2 Å². The molecule has 29 heavy (non-hydrogen) atoms. The average Bonchev–Trinajstić information content (AvgIpc) is 2.68. The van der Waals surface area contributed by atoms with Crippen molar-refractivity contribution in [2.75, 3.05) is 17.2 Å². The molecular formula is C22H22N4O3. The van der Waals surface area contributed by atoms with Crippen LogP contribution in [0.5, 0.6) is 0 Å². The number of anilines is 3. The van der Waals surface area contributed by atoms with Crippen molar-refractivity contribution < 1.29 is 14.3 Å². The SMILES string of the molecule is CCOC(=O)c1cccc(NC(=O)c2cccc(Nc3nc(C)cc(C)n3)c2)c1. The zero-order valence-electron chi connectivity index (χ0n) is 16.5. The standard InChI is InChI=1S/C22H22N4O3/c1-4-29-21(28)17-8-6-9-18(13-17)25-20(27)16-7-5-10-19(12-16)26-22-23-14(2)11-15(3)24-22/h5-13H,4H2,1-3H3,(H,25,27)(H,23,24,26). The maximum absolute atomic E-state index is 12.6. The van der Waals surface area contributed by atoms with Gasteiger partial charge in [-0.1, -0.05) is 12.1 Å². The summed E-state index contributed by atoms with van der Waals surface area (Å²) in [4.78, 5) is 33.2. The first-order chi connectivity index (χ1) is 13.9. The highest BCUT2D eigenvalue weighted by Crippen LogP contribution is 2.18. The van der Waals surface area contributed by atoms with Gasteiger partial charge in [0.05, 0.1) is 12.2 Å². The molecule has 3 aromatic rings. The molecule has 0 fully saturated rings. The number of carbonyl (C=O) groups is 2. The fraction of sp³-hybridized carbons (Fsp3) is 0.182. The predicted molar refractivity (Wildman–Crippen MR) is 112 cm³/mol. The van der Waals surface area contributed by atoms with Crippen LogP contribution in [0.25, 0.3) is 0 Å². The first-order valence-corrected chi connectivity index (χ1v) is 9.22. The van der Waals surface area contributed by atoms with Gasteiger partial charge in [0.2, 0.25) is 5.95 Å². The summed E-state index contributed by atoms with van der Waals surface area (Å²) in [5, 5.41) is 5.92. The second-order valence-electron chi connectivity index (χ2n) is 6.44. The van der Waals surface area contributed by atoms with Gasteiger partial charge in [-0.2, -0.15) is 0 Å². The Balaban J connectivity index is 1.74. The summed E-state index contributed by atoms with van der Waals surface area (Å²) >= 11 is 0. The van der Waals surface area contributed by atoms with E-state index in [1.54, 1.807) is 49.4 Å². The van der Waals surface area contributed by atoms with E-state index in [2.05, 4.69) is 20.6 Å². The molecule has 1 amide bonds. The Bertz CT molecular complexity index is 1030. The molecule has 2 aromatic carbocycles. The number of nitrogens with one attached hydrogen (secondary N) is 2. The van der Waals surface area contributed by atoms with E-state index < -0.39 is 5.97 Å². The first kappa shape index (κ1) is 20.0. The van der Waals surface area contributed by atoms with Crippen molar-refractivity contribution in [3.05, 3.63) is 77.1 Å². The van der Waals surface area contributed by atoms with E-state index in [9.17, 15) is 9.59 Å². The largest absolute Gasteiger partial charge is 0.462 e. The molecule has 0 saturated heterocycles. The van der Waals surface area contributed by atoms with Gasteiger partial charge in [0.1, 0.15) is 0 Å². The van der Waals surface area contributed by atoms with Crippen molar-refractivity contribution in [2.45, 2.75) is 20.8 Å². The molecule has 7 heteroatoms. The van der Waals surface area contributed by atoms with Crippen LogP contribution in [0, 0.1) is 13.8 Å². The first-order valence-electron chi connectivity index (χ1n) is 9.22. The van der Waals surface area contributed by atoms with E-state index in [0.29, 0.717) is 35.1 Å². The Morgan fingerprint density at radius 1 is 0.897 bits per heavy atom. The molecule has 0 spiro atoms. The van der Waals surface area contributed by atoms with Gasteiger partial charge >= 0.3 is 5.97 Å². The molecule has 0 saturated carbocycles. The summed E-state index contributed by atoms with van der Waals surface area (Å²) in [6.45, 7) is 5.83. The average molecular weight is 390 g/mol. The van der Waals surface area contributed by atoms with Gasteiger partial charge in [0.25, 0.3) is 5.91 Å². The van der Waals surface area contributed by atoms with Crippen LogP contribution in [0.3, 0.4) is 0 Å². The second-order valence-corrected chi connectivity index (χ2v) is 6.44. The van der Waals surface area contributed by atoms with Crippen LogP contribution >= 0.6 is 0 Å². The Kier molecular flexibility index (Phi) is 6.19. The van der Waals surface area contributed by atoms with E-state index in [1.165, 1.54) is 0 Å². The number of amides is 1. The molecule has 0 bridgehead atoms. The van der Waals surface area contributed by atoms with E-state index in [4.69, 9.17) is 4.74 Å². The minimum Gasteiger partial charge on any atom is -0.462 e. The number of aromatic nitrogens is 2. The number of benzene rings is 2. The lowest BCUT2D eigenvalue weighted by atomic mass is 10.1. The van der Waals surface area contributed by atoms with Crippen LogP contribution in [-0.2, 0) is 4.74 Å². The van der Waals surface area contributed by atoms with Gasteiger partial charge in [0.15, 0.2) is 0 Å². The highest BCUT2D eigenvalue weighted by Gasteiger charge is 2.11. The van der Waals surface area contributed by atoms with Crippen LogP contribution in [0.15, 0.2) is 54.6 Å². The summed E-state index contributed by atoms with van der Waals surface area (Å²) < 4.78 is 4.99. The molecule has 0 aliphatic heterocycles. The quantitative estimate of drug-likeness (QED) is 0.611. The van der Waals surface area contributed by atoms with Crippen LogP contribution in [0.4, 0.5) is 17.3 Å². The summed E-state index contributed by atoms with van der Waals surface area (Å²) in [7, 11) is 0. The van der Waals surface area contributed by atoms with E-state index in [-0.39, 0.29) is 5.91 Å². The molecule has 0 aliphatic carbocycles. The van der Waals surface area contributed by atoms with E-state index in [0.717, 1.165) is 11.4 Å². The van der Waals surface area contributed by atoms with Gasteiger partial charge in [-0.3, -0.25) is 4.79 Å². The molecule has 3 rings (SSSR count). The number of aryl methyl sites for hydroxylation is 2. The molecule has 0 unspecified atom stereocenters. The Hall–Kier alpha value is -3.74. The van der Waals surface area contributed by atoms with E-state index in [1.807, 2.05) is 26.0 Å². The molecule has 2 N–H and O–H groups in total. The van der Waals surface area contributed by atoms with Crippen LogP contribution < -0.4 is 10.6 Å². The number of hydrogen-bond donors (Lipinski definition) is 2. The van der Waals surface area contributed by atoms with Crippen LogP contribution in [-0.4, -0.2) is 28.5 Å². The van der Waals surface area contributed by atoms with Crippen molar-refractivity contribution in [1.29, 1.82) is 0 Å². The summed E-state index contributed by atoms with van der Waals surface area (Å²) in [6, 6.07) is 15.5. The number of hydrogen-bond acceptors (Lipinski definition) is 6. The zero-order valence-corrected chi connectivity index (χ0v) is 16.5. The highest BCUT2D eigenvalue weighted by atomic mass is 16.5. The molecule has 0 atom stereocenters. The number of nitrogens with zero attached hydrogens (tertiary/aromatic N) is 2. The minimum atomic E-state index is -0.428. The maximum Gasteiger partial charge on any atom is 0.338 e. The summed E-state index contributed by atoms with van der Waals surface area (Å²) in [5.41, 5.74) is 3.76. The maximum atomic E-state index is 12.6. The smallest absolute Gasteiger partial charge is 0.338 e. The fourth-order valence-electron chi connectivity index (χ4n) is 2.79. The Morgan fingerprint density at radius 3 is 2.21 bits per heavy atom. The molecule has 1 heterocycles. The van der Waals surface area contributed by atoms with Crippen LogP contribution in [0.1, 0.15) is 39.0 Å². The zero-order chi connectivity index (χ0) is 20.8. The third kappa shape index (κ3) is 5.38. The Labute approximate surface area is 169 Å². The summed E-state index contributed by atoms with van der Waals surface area (Å²) in [6.07, 6.45) is 0. The highest BCUT2D eigenvalue weighted by molar-refractivity contribution is 6.05. The molecule has 0 aliphatic rings. The van der Waals surface area contributed by atoms with Crippen molar-refractivity contribution in [1.82, 2.24) is 9.97 Å². The Morgan fingerprint density at radius 2 is 1.52 bits per heavy atom. The van der Waals surface area contributed by atoms with Gasteiger partial charge in [-0.15, -0.1) is 0 Å². The third-order valence-electron chi connectivity index (χ3n) is 3.99. The lowest BCUT2D eigenvalue weighted by molar-refractivity contribution is 0.0526. The van der Waals surface area contributed by atoms with Crippen molar-refractivity contribution in [3.63, 3.8) is 0 Å². The van der Waals surface area contributed by atoms with Crippen LogP contribution in [0.2, 0.25) is 0 Å². The molecule has 0 radical (unpaired) electrons. The monoisotopic (exact) mass is 390 g/mol. The van der Waals surface area contributed by atoms with Gasteiger partial charge in [0, 0.05) is 28.3 Å². The predicted octanol–water partition coefficient (Wildman–Crippen LogP) is 4.27. The molecule has 148 valence electrons. The number of esters is 1. The summed E-state index contributed by atoms with van der Waals surface area (Å²) in [5.74, 6) is -0.249. The van der Waals surface area contributed by atoms with Crippen molar-refractivity contribution >= 4 is 29.2 Å². The molecular weight excluding hydrogens is 368 g/mol. The number of carbonyl (C=O) groups excluding carboxylic acids is 2. The van der Waals surface area contributed by atoms with E-state index >= 15 is 0 Å². The second kappa shape index (κ2) is 8.97. The van der Waals surface area contributed by atoms with Gasteiger partial charge in [-0.05, 0) is 63.2 Å². The fourth-order valence-corrected chi connectivity index (χ4v) is 2.79. The van der Waals surface area contributed by atoms with Crippen molar-refractivity contribution in [2.24, 2.45) is 0 Å². The number of rotatable bonds is 6.